The highest BCUT2D eigenvalue weighted by atomic mass is 19.1. The fourth-order valence-corrected chi connectivity index (χ4v) is 3.02. The highest BCUT2D eigenvalue weighted by molar-refractivity contribution is 5.83. The fourth-order valence-electron chi connectivity index (χ4n) is 3.02. The second kappa shape index (κ2) is 10.3. The Morgan fingerprint density at radius 2 is 1.48 bits per heavy atom. The molecule has 0 saturated heterocycles. The maximum absolute atomic E-state index is 14.1. The van der Waals surface area contributed by atoms with Crippen LogP contribution in [0.5, 0.6) is 0 Å². The molecule has 0 aliphatic heterocycles. The van der Waals surface area contributed by atoms with Crippen LogP contribution in [0.1, 0.15) is 35.1 Å². The van der Waals surface area contributed by atoms with E-state index in [1.165, 1.54) is 5.56 Å². The van der Waals surface area contributed by atoms with Crippen molar-refractivity contribution in [1.82, 2.24) is 0 Å². The van der Waals surface area contributed by atoms with Crippen LogP contribution in [0.2, 0.25) is 0 Å². The topological polar surface area (TPSA) is 24.7 Å². The first-order valence-electron chi connectivity index (χ1n) is 9.78. The van der Waals surface area contributed by atoms with Gasteiger partial charge in [-0.2, -0.15) is 10.2 Å². The molecular formula is C26H25FN2. The van der Waals surface area contributed by atoms with Gasteiger partial charge in [0.05, 0.1) is 12.4 Å². The molecule has 0 atom stereocenters. The SMILES string of the molecule is C=CCCCc1ccc(C=NN=Cc2ccc(-c3ccc(C)cc3F)cc2)cc1. The lowest BCUT2D eigenvalue weighted by Crippen LogP contribution is -1.87. The van der Waals surface area contributed by atoms with Gasteiger partial charge >= 0.3 is 0 Å². The van der Waals surface area contributed by atoms with E-state index in [0.717, 1.165) is 41.5 Å². The van der Waals surface area contributed by atoms with Crippen LogP contribution in [0.3, 0.4) is 0 Å². The van der Waals surface area contributed by atoms with Gasteiger partial charge in [0.1, 0.15) is 5.82 Å². The average molecular weight is 384 g/mol. The van der Waals surface area contributed by atoms with Crippen LogP contribution in [0.25, 0.3) is 11.1 Å². The van der Waals surface area contributed by atoms with E-state index in [0.29, 0.717) is 5.56 Å². The Hall–Kier alpha value is -3.33. The third-order valence-electron chi connectivity index (χ3n) is 4.68. The number of hydrogen-bond donors (Lipinski definition) is 0. The predicted molar refractivity (Wildman–Crippen MR) is 121 cm³/mol. The molecule has 0 spiro atoms. The van der Waals surface area contributed by atoms with Crippen molar-refractivity contribution >= 4 is 12.4 Å². The summed E-state index contributed by atoms with van der Waals surface area (Å²) < 4.78 is 14.1. The molecule has 0 bridgehead atoms. The summed E-state index contributed by atoms with van der Waals surface area (Å²) in [6, 6.07) is 21.2. The molecule has 29 heavy (non-hydrogen) atoms. The Kier molecular flexibility index (Phi) is 7.23. The molecular weight excluding hydrogens is 359 g/mol. The molecule has 2 nitrogen and oxygen atoms in total. The minimum Gasteiger partial charge on any atom is -0.206 e. The van der Waals surface area contributed by atoms with Crippen molar-refractivity contribution < 1.29 is 4.39 Å². The van der Waals surface area contributed by atoms with Gasteiger partial charge in [-0.05, 0) is 60.1 Å². The number of hydrogen-bond acceptors (Lipinski definition) is 2. The molecule has 3 aromatic carbocycles. The van der Waals surface area contributed by atoms with Gasteiger partial charge in [-0.3, -0.25) is 0 Å². The van der Waals surface area contributed by atoms with Crippen LogP contribution in [-0.4, -0.2) is 12.4 Å². The van der Waals surface area contributed by atoms with Gasteiger partial charge < -0.3 is 0 Å². The molecule has 0 amide bonds. The molecule has 0 radical (unpaired) electrons. The van der Waals surface area contributed by atoms with Crippen molar-refractivity contribution in [1.29, 1.82) is 0 Å². The number of benzene rings is 3. The number of rotatable bonds is 8. The van der Waals surface area contributed by atoms with Crippen molar-refractivity contribution in [3.8, 4) is 11.1 Å². The first-order valence-corrected chi connectivity index (χ1v) is 9.78. The summed E-state index contributed by atoms with van der Waals surface area (Å²) in [5.74, 6) is -0.206. The summed E-state index contributed by atoms with van der Waals surface area (Å²) in [6.45, 7) is 5.63. The van der Waals surface area contributed by atoms with E-state index in [1.54, 1.807) is 18.5 Å². The molecule has 0 unspecified atom stereocenters. The molecule has 0 aromatic heterocycles. The lowest BCUT2D eigenvalue weighted by atomic mass is 10.0. The first-order chi connectivity index (χ1) is 14.2. The van der Waals surface area contributed by atoms with Crippen LogP contribution in [0.4, 0.5) is 4.39 Å². The molecule has 0 aliphatic rings. The van der Waals surface area contributed by atoms with Gasteiger partial charge in [-0.25, -0.2) is 4.39 Å². The van der Waals surface area contributed by atoms with Crippen LogP contribution in [-0.2, 0) is 6.42 Å². The van der Waals surface area contributed by atoms with E-state index in [1.807, 2.05) is 61.5 Å². The minimum absolute atomic E-state index is 0.206. The number of allylic oxidation sites excluding steroid dienone is 1. The van der Waals surface area contributed by atoms with Gasteiger partial charge in [0.15, 0.2) is 0 Å². The zero-order chi connectivity index (χ0) is 20.5. The van der Waals surface area contributed by atoms with E-state index >= 15 is 0 Å². The smallest absolute Gasteiger partial charge is 0.131 e. The summed E-state index contributed by atoms with van der Waals surface area (Å²) in [6.07, 6.45) is 8.60. The van der Waals surface area contributed by atoms with Crippen molar-refractivity contribution in [2.75, 3.05) is 0 Å². The van der Waals surface area contributed by atoms with Crippen LogP contribution >= 0.6 is 0 Å². The Balaban J connectivity index is 1.58. The number of nitrogens with zero attached hydrogens (tertiary/aromatic N) is 2. The fraction of sp³-hybridized carbons (Fsp3) is 0.154. The predicted octanol–water partition coefficient (Wildman–Crippen LogP) is 6.76. The summed E-state index contributed by atoms with van der Waals surface area (Å²) >= 11 is 0. The molecule has 0 heterocycles. The van der Waals surface area contributed by atoms with Crippen LogP contribution < -0.4 is 0 Å². The largest absolute Gasteiger partial charge is 0.206 e. The molecule has 0 fully saturated rings. The molecule has 0 N–H and O–H groups in total. The maximum Gasteiger partial charge on any atom is 0.131 e. The van der Waals surface area contributed by atoms with E-state index < -0.39 is 0 Å². The van der Waals surface area contributed by atoms with E-state index in [2.05, 4.69) is 28.9 Å². The summed E-state index contributed by atoms with van der Waals surface area (Å²) in [5, 5.41) is 8.23. The molecule has 3 aromatic rings. The monoisotopic (exact) mass is 384 g/mol. The van der Waals surface area contributed by atoms with Crippen molar-refractivity contribution in [2.45, 2.75) is 26.2 Å². The Morgan fingerprint density at radius 3 is 2.07 bits per heavy atom. The van der Waals surface area contributed by atoms with Crippen molar-refractivity contribution in [3.05, 3.63) is 107 Å². The Morgan fingerprint density at radius 1 is 0.862 bits per heavy atom. The summed E-state index contributed by atoms with van der Waals surface area (Å²) in [4.78, 5) is 0. The quantitative estimate of drug-likeness (QED) is 0.177. The van der Waals surface area contributed by atoms with Crippen LogP contribution in [0, 0.1) is 12.7 Å². The molecule has 146 valence electrons. The number of unbranched alkanes of at least 4 members (excludes halogenated alkanes) is 1. The van der Waals surface area contributed by atoms with Gasteiger partial charge in [0.2, 0.25) is 0 Å². The van der Waals surface area contributed by atoms with Crippen molar-refractivity contribution in [3.63, 3.8) is 0 Å². The molecule has 3 rings (SSSR count). The number of aryl methyl sites for hydroxylation is 2. The molecule has 0 saturated carbocycles. The summed E-state index contributed by atoms with van der Waals surface area (Å²) in [5.41, 5.74) is 5.60. The third-order valence-corrected chi connectivity index (χ3v) is 4.68. The normalized spacial score (nSPS) is 11.4. The molecule has 3 heteroatoms. The third kappa shape index (κ3) is 6.08. The van der Waals surface area contributed by atoms with E-state index in [-0.39, 0.29) is 5.82 Å². The van der Waals surface area contributed by atoms with Gasteiger partial charge in [-0.15, -0.1) is 6.58 Å². The van der Waals surface area contributed by atoms with E-state index in [4.69, 9.17) is 0 Å². The standard InChI is InChI=1S/C26H25FN2/c1-3-4-5-6-21-8-10-22(11-9-21)18-28-29-19-23-12-14-24(15-13-23)25-16-7-20(2)17-26(25)27/h3,7-19H,1,4-6H2,2H3. The van der Waals surface area contributed by atoms with Gasteiger partial charge in [-0.1, -0.05) is 66.7 Å². The Labute approximate surface area is 172 Å². The van der Waals surface area contributed by atoms with Crippen molar-refractivity contribution in [2.24, 2.45) is 10.2 Å². The molecule has 0 aliphatic carbocycles. The van der Waals surface area contributed by atoms with Gasteiger partial charge in [0, 0.05) is 5.56 Å². The zero-order valence-electron chi connectivity index (χ0n) is 16.7. The average Bonchev–Trinajstić information content (AvgIpc) is 2.73. The first kappa shape index (κ1) is 20.4. The highest BCUT2D eigenvalue weighted by Gasteiger charge is 2.04. The van der Waals surface area contributed by atoms with Crippen LogP contribution in [0.15, 0.2) is 89.6 Å². The highest BCUT2D eigenvalue weighted by Crippen LogP contribution is 2.23. The second-order valence-corrected chi connectivity index (χ2v) is 7.02. The minimum atomic E-state index is -0.206. The van der Waals surface area contributed by atoms with E-state index in [9.17, 15) is 4.39 Å². The summed E-state index contributed by atoms with van der Waals surface area (Å²) in [7, 11) is 0. The zero-order valence-corrected chi connectivity index (χ0v) is 16.7. The number of halogens is 1. The Bertz CT molecular complexity index is 1000. The maximum atomic E-state index is 14.1. The van der Waals surface area contributed by atoms with Gasteiger partial charge in [0.25, 0.3) is 0 Å². The lowest BCUT2D eigenvalue weighted by Gasteiger charge is -2.04. The second-order valence-electron chi connectivity index (χ2n) is 7.02. The lowest BCUT2D eigenvalue weighted by molar-refractivity contribution is 0.630.